The van der Waals surface area contributed by atoms with Crippen LogP contribution in [0.2, 0.25) is 0 Å². The number of amides is 2. The van der Waals surface area contributed by atoms with E-state index in [2.05, 4.69) is 25.1 Å². The fourth-order valence-corrected chi connectivity index (χ4v) is 4.13. The van der Waals surface area contributed by atoms with Crippen molar-refractivity contribution < 1.29 is 27.8 Å². The van der Waals surface area contributed by atoms with E-state index >= 15 is 0 Å². The molecule has 1 fully saturated rings. The maximum absolute atomic E-state index is 13.4. The average Bonchev–Trinajstić information content (AvgIpc) is 3.57. The van der Waals surface area contributed by atoms with Crippen LogP contribution in [0.3, 0.4) is 0 Å². The third kappa shape index (κ3) is 3.83. The molecule has 1 aliphatic carbocycles. The van der Waals surface area contributed by atoms with Gasteiger partial charge in [0.1, 0.15) is 5.82 Å². The Morgan fingerprint density at radius 3 is 2.53 bits per heavy atom. The zero-order valence-corrected chi connectivity index (χ0v) is 18.4. The Kier molecular flexibility index (Phi) is 5.00. The summed E-state index contributed by atoms with van der Waals surface area (Å²) in [6.07, 6.45) is -0.916. The first-order valence-electron chi connectivity index (χ1n) is 10.7. The van der Waals surface area contributed by atoms with Crippen molar-refractivity contribution in [3.8, 4) is 22.6 Å². The van der Waals surface area contributed by atoms with E-state index in [4.69, 9.17) is 0 Å². The van der Waals surface area contributed by atoms with Crippen LogP contribution >= 0.6 is 0 Å². The molecule has 1 saturated carbocycles. The molecule has 0 spiro atoms. The van der Waals surface area contributed by atoms with Crippen LogP contribution in [-0.2, 0) is 10.2 Å². The highest BCUT2D eigenvalue weighted by atomic mass is 19.3. The van der Waals surface area contributed by atoms with Crippen molar-refractivity contribution in [1.82, 2.24) is 10.3 Å². The molecule has 9 heteroatoms. The molecule has 5 rings (SSSR count). The number of fused-ring (bicyclic) bond motifs is 1. The van der Waals surface area contributed by atoms with Crippen LogP contribution in [0.4, 0.5) is 14.6 Å². The number of carbonyl (C=O) groups excluding carboxylic acids is 2. The minimum absolute atomic E-state index is 0.0613. The molecule has 2 aliphatic rings. The summed E-state index contributed by atoms with van der Waals surface area (Å²) >= 11 is 0. The zero-order chi connectivity index (χ0) is 24.1. The van der Waals surface area contributed by atoms with E-state index in [0.717, 1.165) is 16.7 Å². The summed E-state index contributed by atoms with van der Waals surface area (Å²) < 4.78 is 35.7. The predicted molar refractivity (Wildman–Crippen MR) is 120 cm³/mol. The molecule has 0 bridgehead atoms. The van der Waals surface area contributed by atoms with Gasteiger partial charge >= 0.3 is 6.29 Å². The van der Waals surface area contributed by atoms with Crippen LogP contribution in [0.25, 0.3) is 11.1 Å². The van der Waals surface area contributed by atoms with Crippen LogP contribution in [0, 0.1) is 6.92 Å². The number of carbonyl (C=O) groups is 2. The van der Waals surface area contributed by atoms with Crippen molar-refractivity contribution in [1.29, 1.82) is 0 Å². The SMILES string of the molecule is CNC(=O)c1cccc(-c2cc(NC(=O)C3(c4ccc5c(c4)OC(F)(F)O5)CC3)ncc2C)c1. The second kappa shape index (κ2) is 7.79. The Bertz CT molecular complexity index is 1320. The maximum atomic E-state index is 13.4. The predicted octanol–water partition coefficient (Wildman–Crippen LogP) is 4.41. The number of rotatable bonds is 5. The Labute approximate surface area is 194 Å². The van der Waals surface area contributed by atoms with Gasteiger partial charge in [0.2, 0.25) is 5.91 Å². The number of aromatic nitrogens is 1. The monoisotopic (exact) mass is 465 g/mol. The molecule has 0 unspecified atom stereocenters. The number of alkyl halides is 2. The zero-order valence-electron chi connectivity index (χ0n) is 18.4. The molecule has 2 amide bonds. The molecule has 3 aromatic rings. The van der Waals surface area contributed by atoms with Crippen molar-refractivity contribution in [2.75, 3.05) is 12.4 Å². The van der Waals surface area contributed by atoms with Crippen LogP contribution < -0.4 is 20.1 Å². The van der Waals surface area contributed by atoms with Crippen LogP contribution in [0.15, 0.2) is 54.7 Å². The van der Waals surface area contributed by atoms with E-state index in [9.17, 15) is 18.4 Å². The van der Waals surface area contributed by atoms with Gasteiger partial charge in [0.05, 0.1) is 5.41 Å². The lowest BCUT2D eigenvalue weighted by molar-refractivity contribution is -0.286. The highest BCUT2D eigenvalue weighted by molar-refractivity contribution is 6.01. The van der Waals surface area contributed by atoms with Crippen molar-refractivity contribution >= 4 is 17.6 Å². The minimum Gasteiger partial charge on any atom is -0.395 e. The van der Waals surface area contributed by atoms with Gasteiger partial charge in [0.15, 0.2) is 11.5 Å². The van der Waals surface area contributed by atoms with Crippen molar-refractivity contribution in [3.05, 3.63) is 71.4 Å². The van der Waals surface area contributed by atoms with E-state index in [1.54, 1.807) is 43.6 Å². The average molecular weight is 465 g/mol. The molecule has 0 saturated heterocycles. The highest BCUT2D eigenvalue weighted by Gasteiger charge is 2.53. The number of benzene rings is 2. The summed E-state index contributed by atoms with van der Waals surface area (Å²) in [6, 6.07) is 13.4. The van der Waals surface area contributed by atoms with Gasteiger partial charge in [-0.1, -0.05) is 18.2 Å². The van der Waals surface area contributed by atoms with Gasteiger partial charge in [-0.15, -0.1) is 8.78 Å². The molecular formula is C25H21F2N3O4. The number of nitrogens with one attached hydrogen (secondary N) is 2. The molecule has 1 aromatic heterocycles. The first-order valence-corrected chi connectivity index (χ1v) is 10.7. The molecule has 34 heavy (non-hydrogen) atoms. The highest BCUT2D eigenvalue weighted by Crippen LogP contribution is 2.52. The number of aryl methyl sites for hydroxylation is 1. The van der Waals surface area contributed by atoms with Crippen molar-refractivity contribution in [3.63, 3.8) is 0 Å². The third-order valence-electron chi connectivity index (χ3n) is 6.15. The summed E-state index contributed by atoms with van der Waals surface area (Å²) in [5, 5.41) is 5.47. The quantitative estimate of drug-likeness (QED) is 0.583. The molecule has 2 heterocycles. The topological polar surface area (TPSA) is 89.6 Å². The number of anilines is 1. The lowest BCUT2D eigenvalue weighted by Crippen LogP contribution is -2.28. The fraction of sp³-hybridized carbons (Fsp3) is 0.240. The first-order chi connectivity index (χ1) is 16.2. The summed E-state index contributed by atoms with van der Waals surface area (Å²) in [5.41, 5.74) is 2.77. The van der Waals surface area contributed by atoms with Crippen molar-refractivity contribution in [2.24, 2.45) is 0 Å². The van der Waals surface area contributed by atoms with E-state index < -0.39 is 11.7 Å². The van der Waals surface area contributed by atoms with Gasteiger partial charge in [-0.05, 0) is 72.4 Å². The lowest BCUT2D eigenvalue weighted by Gasteiger charge is -2.17. The normalized spacial score (nSPS) is 16.6. The van der Waals surface area contributed by atoms with E-state index in [0.29, 0.717) is 29.8 Å². The summed E-state index contributed by atoms with van der Waals surface area (Å²) in [4.78, 5) is 29.6. The first kappa shape index (κ1) is 21.8. The van der Waals surface area contributed by atoms with Gasteiger partial charge in [-0.25, -0.2) is 4.98 Å². The Morgan fingerprint density at radius 1 is 1.03 bits per heavy atom. The van der Waals surface area contributed by atoms with E-state index in [-0.39, 0.29) is 23.3 Å². The lowest BCUT2D eigenvalue weighted by atomic mass is 9.94. The molecule has 1 aliphatic heterocycles. The molecule has 0 atom stereocenters. The van der Waals surface area contributed by atoms with Crippen molar-refractivity contribution in [2.45, 2.75) is 31.5 Å². The number of pyridine rings is 1. The Hall–Kier alpha value is -4.01. The molecule has 2 N–H and O–H groups in total. The summed E-state index contributed by atoms with van der Waals surface area (Å²) in [7, 11) is 1.57. The van der Waals surface area contributed by atoms with Crippen LogP contribution in [0.5, 0.6) is 11.5 Å². The Morgan fingerprint density at radius 2 is 1.79 bits per heavy atom. The number of hydrogen-bond acceptors (Lipinski definition) is 5. The number of halogens is 2. The Balaban J connectivity index is 1.40. The van der Waals surface area contributed by atoms with E-state index in [1.807, 2.05) is 13.0 Å². The van der Waals surface area contributed by atoms with Gasteiger partial charge in [0.25, 0.3) is 5.91 Å². The van der Waals surface area contributed by atoms with Gasteiger partial charge < -0.3 is 20.1 Å². The number of hydrogen-bond donors (Lipinski definition) is 2. The van der Waals surface area contributed by atoms with Crippen LogP contribution in [0.1, 0.15) is 34.3 Å². The van der Waals surface area contributed by atoms with Gasteiger partial charge in [-0.3, -0.25) is 9.59 Å². The number of ether oxygens (including phenoxy) is 2. The smallest absolute Gasteiger partial charge is 0.395 e. The number of nitrogens with zero attached hydrogens (tertiary/aromatic N) is 1. The van der Waals surface area contributed by atoms with Gasteiger partial charge in [0, 0.05) is 18.8 Å². The summed E-state index contributed by atoms with van der Waals surface area (Å²) in [6.45, 7) is 1.89. The second-order valence-corrected chi connectivity index (χ2v) is 8.41. The second-order valence-electron chi connectivity index (χ2n) is 8.41. The molecule has 0 radical (unpaired) electrons. The summed E-state index contributed by atoms with van der Waals surface area (Å²) in [5.74, 6) is -0.268. The van der Waals surface area contributed by atoms with Gasteiger partial charge in [-0.2, -0.15) is 0 Å². The van der Waals surface area contributed by atoms with E-state index in [1.165, 1.54) is 12.1 Å². The third-order valence-corrected chi connectivity index (χ3v) is 6.15. The molecular weight excluding hydrogens is 444 g/mol. The molecule has 7 nitrogen and oxygen atoms in total. The molecule has 174 valence electrons. The standard InChI is InChI=1S/C25H21F2N3O4/c1-14-13-29-21(12-18(14)15-4-3-5-16(10-15)22(31)28-2)30-23(32)24(8-9-24)17-6-7-19-20(11-17)34-25(26,27)33-19/h3-7,10-13H,8-9H2,1-2H3,(H,28,31)(H,29,30,32). The maximum Gasteiger partial charge on any atom is 0.586 e. The molecule has 2 aromatic carbocycles. The fourth-order valence-electron chi connectivity index (χ4n) is 4.13. The van der Waals surface area contributed by atoms with Crippen LogP contribution in [-0.4, -0.2) is 30.1 Å². The minimum atomic E-state index is -3.71. The largest absolute Gasteiger partial charge is 0.586 e.